The predicted molar refractivity (Wildman–Crippen MR) is 152 cm³/mol. The van der Waals surface area contributed by atoms with Crippen LogP contribution in [-0.2, 0) is 34.1 Å². The lowest BCUT2D eigenvalue weighted by molar-refractivity contribution is -0.122. The molecule has 1 aromatic heterocycles. The van der Waals surface area contributed by atoms with Crippen molar-refractivity contribution in [3.8, 4) is 6.07 Å². The summed E-state index contributed by atoms with van der Waals surface area (Å²) in [7, 11) is -3.15. The summed E-state index contributed by atoms with van der Waals surface area (Å²) < 4.78 is 27.1. The minimum atomic E-state index is -3.15. The Balaban J connectivity index is 1.56. The van der Waals surface area contributed by atoms with Gasteiger partial charge in [0.15, 0.2) is 0 Å². The maximum atomic E-state index is 13.3. The van der Waals surface area contributed by atoms with Crippen molar-refractivity contribution in [3.63, 3.8) is 0 Å². The molecule has 2 aromatic carbocycles. The van der Waals surface area contributed by atoms with Gasteiger partial charge in [0.1, 0.15) is 9.84 Å². The first-order valence-corrected chi connectivity index (χ1v) is 15.3. The maximum Gasteiger partial charge on any atom is 0.241 e. The van der Waals surface area contributed by atoms with Crippen molar-refractivity contribution in [3.05, 3.63) is 80.9 Å². The molecule has 3 aromatic rings. The van der Waals surface area contributed by atoms with Gasteiger partial charge >= 0.3 is 0 Å². The monoisotopic (exact) mass is 631 g/mol. The summed E-state index contributed by atoms with van der Waals surface area (Å²) in [5, 5.41) is 9.04. The van der Waals surface area contributed by atoms with Gasteiger partial charge in [0.2, 0.25) is 5.91 Å². The fourth-order valence-corrected chi connectivity index (χ4v) is 6.00. The number of amides is 1. The molecule has 2 heterocycles. The molecule has 1 fully saturated rings. The second kappa shape index (κ2) is 11.8. The Labute approximate surface area is 232 Å². The third kappa shape index (κ3) is 7.18. The Morgan fingerprint density at radius 2 is 1.89 bits per heavy atom. The topological polar surface area (TPSA) is 99.3 Å². The molecule has 37 heavy (non-hydrogen) atoms. The molecule has 0 radical (unpaired) electrons. The van der Waals surface area contributed by atoms with Gasteiger partial charge in [0, 0.05) is 47.4 Å². The summed E-state index contributed by atoms with van der Waals surface area (Å²) in [5.41, 5.74) is 4.62. The van der Waals surface area contributed by atoms with Crippen molar-refractivity contribution < 1.29 is 13.2 Å². The van der Waals surface area contributed by atoms with Crippen molar-refractivity contribution >= 4 is 44.0 Å². The van der Waals surface area contributed by atoms with Crippen LogP contribution in [0.2, 0.25) is 0 Å². The zero-order valence-electron chi connectivity index (χ0n) is 21.0. The summed E-state index contributed by atoms with van der Waals surface area (Å²) in [6.07, 6.45) is 6.12. The molecule has 0 N–H and O–H groups in total. The van der Waals surface area contributed by atoms with Crippen LogP contribution in [0.4, 0.5) is 5.69 Å². The molecule has 1 saturated heterocycles. The van der Waals surface area contributed by atoms with Gasteiger partial charge < -0.3 is 9.47 Å². The van der Waals surface area contributed by atoms with Crippen molar-refractivity contribution in [2.45, 2.75) is 38.9 Å². The molecule has 194 valence electrons. The van der Waals surface area contributed by atoms with Gasteiger partial charge in [0.05, 0.1) is 36.0 Å². The lowest BCUT2D eigenvalue weighted by Crippen LogP contribution is -2.56. The number of carbonyl (C=O) groups excluding carboxylic acids is 1. The molecule has 1 aliphatic rings. The van der Waals surface area contributed by atoms with Crippen LogP contribution >= 0.6 is 22.6 Å². The van der Waals surface area contributed by atoms with E-state index in [-0.39, 0.29) is 24.2 Å². The van der Waals surface area contributed by atoms with E-state index in [1.807, 2.05) is 22.8 Å². The molecule has 0 aliphatic carbocycles. The molecule has 1 atom stereocenters. The number of carbonyl (C=O) groups is 1. The predicted octanol–water partition coefficient (Wildman–Crippen LogP) is 3.62. The van der Waals surface area contributed by atoms with Crippen molar-refractivity contribution in [1.82, 2.24) is 14.5 Å². The highest BCUT2D eigenvalue weighted by Crippen LogP contribution is 2.27. The smallest absolute Gasteiger partial charge is 0.241 e. The highest BCUT2D eigenvalue weighted by Gasteiger charge is 2.34. The number of sulfone groups is 1. The van der Waals surface area contributed by atoms with Gasteiger partial charge in [-0.1, -0.05) is 19.1 Å². The summed E-state index contributed by atoms with van der Waals surface area (Å²) in [5.74, 6) is 0.0607. The average Bonchev–Trinajstić information content (AvgIpc) is 3.29. The van der Waals surface area contributed by atoms with E-state index >= 15 is 0 Å². The first-order valence-electron chi connectivity index (χ1n) is 12.1. The zero-order valence-corrected chi connectivity index (χ0v) is 23.9. The van der Waals surface area contributed by atoms with E-state index in [2.05, 4.69) is 57.6 Å². The Hall–Kier alpha value is -2.75. The molecule has 10 heteroatoms. The van der Waals surface area contributed by atoms with Gasteiger partial charge in [-0.3, -0.25) is 9.69 Å². The number of nitriles is 1. The fraction of sp³-hybridized carbons (Fsp3) is 0.370. The lowest BCUT2D eigenvalue weighted by Gasteiger charge is -2.41. The minimum absolute atomic E-state index is 0.00202. The third-order valence-electron chi connectivity index (χ3n) is 6.63. The normalized spacial score (nSPS) is 16.6. The molecule has 1 aliphatic heterocycles. The first kappa shape index (κ1) is 27.3. The van der Waals surface area contributed by atoms with Crippen LogP contribution in [-0.4, -0.2) is 59.9 Å². The molecule has 4 rings (SSSR count). The van der Waals surface area contributed by atoms with Crippen molar-refractivity contribution in [2.75, 3.05) is 30.0 Å². The van der Waals surface area contributed by atoms with Crippen molar-refractivity contribution in [2.24, 2.45) is 0 Å². The fourth-order valence-electron chi connectivity index (χ4n) is 4.58. The summed E-state index contributed by atoms with van der Waals surface area (Å²) >= 11 is 2.27. The highest BCUT2D eigenvalue weighted by molar-refractivity contribution is 14.1. The second-order valence-corrected chi connectivity index (χ2v) is 13.0. The molecule has 0 bridgehead atoms. The van der Waals surface area contributed by atoms with E-state index in [0.29, 0.717) is 31.6 Å². The van der Waals surface area contributed by atoms with Gasteiger partial charge in [0.25, 0.3) is 0 Å². The Kier molecular flexibility index (Phi) is 8.67. The van der Waals surface area contributed by atoms with E-state index in [4.69, 9.17) is 5.26 Å². The van der Waals surface area contributed by atoms with Crippen LogP contribution in [0.5, 0.6) is 0 Å². The quantitative estimate of drug-likeness (QED) is 0.335. The molecule has 0 saturated carbocycles. The number of anilines is 1. The Morgan fingerprint density at radius 1 is 1.14 bits per heavy atom. The van der Waals surface area contributed by atoms with Gasteiger partial charge in [-0.05, 0) is 76.9 Å². The number of piperazine rings is 1. The third-order valence-corrected chi connectivity index (χ3v) is 8.23. The summed E-state index contributed by atoms with van der Waals surface area (Å²) in [4.78, 5) is 21.6. The maximum absolute atomic E-state index is 13.3. The van der Waals surface area contributed by atoms with Gasteiger partial charge in [-0.25, -0.2) is 13.4 Å². The van der Waals surface area contributed by atoms with Crippen LogP contribution < -0.4 is 4.90 Å². The standard InChI is InChI=1S/C27H30IN5O3S/c1-3-20-10-23(28)12-25(11-20)33-17-24(8-9-37(2,35)36)31(18-27(33)34)16-26-14-30-19-32(26)15-22-6-4-21(13-29)5-7-22/h4-7,10-12,14,19,24H,3,8-9,15-18H2,1-2H3/t24-/m0/s1. The van der Waals surface area contributed by atoms with Crippen LogP contribution in [0.3, 0.4) is 0 Å². The van der Waals surface area contributed by atoms with Gasteiger partial charge in [-0.15, -0.1) is 0 Å². The van der Waals surface area contributed by atoms with E-state index in [9.17, 15) is 13.2 Å². The number of hydrogen-bond acceptors (Lipinski definition) is 6. The molecular weight excluding hydrogens is 601 g/mol. The minimum Gasteiger partial charge on any atom is -0.329 e. The van der Waals surface area contributed by atoms with Crippen LogP contribution in [0, 0.1) is 14.9 Å². The molecule has 1 amide bonds. The Morgan fingerprint density at radius 3 is 2.57 bits per heavy atom. The molecule has 0 unspecified atom stereocenters. The van der Waals surface area contributed by atoms with Crippen LogP contribution in [0.1, 0.15) is 35.7 Å². The summed E-state index contributed by atoms with van der Waals surface area (Å²) in [6, 6.07) is 15.6. The number of aromatic nitrogens is 2. The van der Waals surface area contributed by atoms with Crippen LogP contribution in [0.15, 0.2) is 55.0 Å². The number of hydrogen-bond donors (Lipinski definition) is 0. The van der Waals surface area contributed by atoms with Crippen LogP contribution in [0.25, 0.3) is 0 Å². The highest BCUT2D eigenvalue weighted by atomic mass is 127. The van der Waals surface area contributed by atoms with E-state index in [1.165, 1.54) is 6.26 Å². The van der Waals surface area contributed by atoms with E-state index < -0.39 is 9.84 Å². The van der Waals surface area contributed by atoms with Crippen molar-refractivity contribution in [1.29, 1.82) is 5.26 Å². The number of benzene rings is 2. The zero-order chi connectivity index (χ0) is 26.6. The molecule has 8 nitrogen and oxygen atoms in total. The second-order valence-electron chi connectivity index (χ2n) is 9.47. The number of imidazole rings is 1. The van der Waals surface area contributed by atoms with E-state index in [1.54, 1.807) is 29.6 Å². The Bertz CT molecular complexity index is 1410. The largest absolute Gasteiger partial charge is 0.329 e. The molecular formula is C27H30IN5O3S. The SMILES string of the molecule is CCc1cc(I)cc(N2C[C@H](CCS(C)(=O)=O)N(Cc3cncn3Cc3ccc(C#N)cc3)CC2=O)c1. The lowest BCUT2D eigenvalue weighted by atomic mass is 10.1. The number of nitrogens with zero attached hydrogens (tertiary/aromatic N) is 5. The molecule has 0 spiro atoms. The summed E-state index contributed by atoms with van der Waals surface area (Å²) in [6.45, 7) is 3.79. The number of halogens is 1. The van der Waals surface area contributed by atoms with E-state index in [0.717, 1.165) is 32.5 Å². The first-order chi connectivity index (χ1) is 17.6. The average molecular weight is 632 g/mol. The number of rotatable bonds is 9. The number of aryl methyl sites for hydroxylation is 1. The van der Waals surface area contributed by atoms with Gasteiger partial charge in [-0.2, -0.15) is 5.26 Å².